The Hall–Kier alpha value is -0.0100. The fourth-order valence-electron chi connectivity index (χ4n) is 0.297. The Morgan fingerprint density at radius 2 is 2.00 bits per heavy atom. The Bertz CT molecular complexity index is 137. The van der Waals surface area contributed by atoms with E-state index in [1.165, 1.54) is 0 Å². The van der Waals surface area contributed by atoms with Gasteiger partial charge in [0.2, 0.25) is 0 Å². The highest BCUT2D eigenvalue weighted by molar-refractivity contribution is 7.46. The van der Waals surface area contributed by atoms with Crippen molar-refractivity contribution in [1.29, 1.82) is 0 Å². The highest BCUT2D eigenvalue weighted by Crippen LogP contribution is 2.35. The van der Waals surface area contributed by atoms with Gasteiger partial charge in [0.15, 0.2) is 0 Å². The molecule has 8 heteroatoms. The molecular formula is C3H9O7P. The van der Waals surface area contributed by atoms with Gasteiger partial charge in [-0.15, -0.1) is 0 Å². The van der Waals surface area contributed by atoms with E-state index in [2.05, 4.69) is 9.41 Å². The van der Waals surface area contributed by atoms with Gasteiger partial charge in [0, 0.05) is 0 Å². The van der Waals surface area contributed by atoms with Crippen LogP contribution in [0.15, 0.2) is 0 Å². The van der Waals surface area contributed by atoms with Crippen LogP contribution < -0.4 is 0 Å². The third-order valence-corrected chi connectivity index (χ3v) is 1.27. The molecule has 4 N–H and O–H groups in total. The molecule has 0 aliphatic carbocycles. The number of rotatable bonds is 5. The summed E-state index contributed by atoms with van der Waals surface area (Å²) in [5.41, 5.74) is 0. The summed E-state index contributed by atoms with van der Waals surface area (Å²) in [6, 6.07) is 0. The SMILES string of the molecule is O=P(O)(O)OC[C@@H](CO)OO. The van der Waals surface area contributed by atoms with E-state index in [9.17, 15) is 4.57 Å². The smallest absolute Gasteiger partial charge is 0.393 e. The minimum Gasteiger partial charge on any atom is -0.393 e. The van der Waals surface area contributed by atoms with Crippen LogP contribution in [0, 0.1) is 0 Å². The highest BCUT2D eigenvalue weighted by Gasteiger charge is 2.17. The van der Waals surface area contributed by atoms with E-state index in [0.717, 1.165) is 0 Å². The van der Waals surface area contributed by atoms with Crippen LogP contribution in [0.2, 0.25) is 0 Å². The van der Waals surface area contributed by atoms with E-state index in [1.54, 1.807) is 0 Å². The van der Waals surface area contributed by atoms with Crippen molar-refractivity contribution in [3.05, 3.63) is 0 Å². The lowest BCUT2D eigenvalue weighted by atomic mass is 10.4. The average molecular weight is 188 g/mol. The Morgan fingerprint density at radius 3 is 2.27 bits per heavy atom. The van der Waals surface area contributed by atoms with Gasteiger partial charge < -0.3 is 14.9 Å². The van der Waals surface area contributed by atoms with Crippen molar-refractivity contribution in [3.63, 3.8) is 0 Å². The molecule has 0 saturated heterocycles. The van der Waals surface area contributed by atoms with E-state index >= 15 is 0 Å². The first-order valence-corrected chi connectivity index (χ1v) is 4.14. The first-order valence-electron chi connectivity index (χ1n) is 2.60. The lowest BCUT2D eigenvalue weighted by Gasteiger charge is -2.10. The first kappa shape index (κ1) is 11.0. The van der Waals surface area contributed by atoms with Crippen LogP contribution in [-0.2, 0) is 14.0 Å². The van der Waals surface area contributed by atoms with Crippen LogP contribution in [0.4, 0.5) is 0 Å². The lowest BCUT2D eigenvalue weighted by molar-refractivity contribution is -0.289. The Balaban J connectivity index is 3.59. The molecule has 0 radical (unpaired) electrons. The number of phosphoric acid groups is 1. The molecule has 0 bridgehead atoms. The molecule has 0 aromatic carbocycles. The molecule has 0 aromatic heterocycles. The average Bonchev–Trinajstić information content (AvgIpc) is 1.88. The van der Waals surface area contributed by atoms with E-state index in [0.29, 0.717) is 0 Å². The van der Waals surface area contributed by atoms with Crippen molar-refractivity contribution in [2.45, 2.75) is 6.10 Å². The molecule has 0 aliphatic rings. The lowest BCUT2D eigenvalue weighted by Crippen LogP contribution is -2.21. The maximum absolute atomic E-state index is 10.0. The van der Waals surface area contributed by atoms with Crippen molar-refractivity contribution in [1.82, 2.24) is 0 Å². The number of hydrogen-bond donors (Lipinski definition) is 4. The van der Waals surface area contributed by atoms with Gasteiger partial charge in [-0.1, -0.05) is 0 Å². The highest BCUT2D eigenvalue weighted by atomic mass is 31.2. The van der Waals surface area contributed by atoms with Crippen molar-refractivity contribution in [2.75, 3.05) is 13.2 Å². The summed E-state index contributed by atoms with van der Waals surface area (Å²) in [5.74, 6) is 0. The molecule has 0 saturated carbocycles. The monoisotopic (exact) mass is 188 g/mol. The van der Waals surface area contributed by atoms with E-state index in [-0.39, 0.29) is 0 Å². The van der Waals surface area contributed by atoms with Crippen molar-refractivity contribution in [3.8, 4) is 0 Å². The van der Waals surface area contributed by atoms with Crippen molar-refractivity contribution >= 4 is 7.82 Å². The Labute approximate surface area is 62.4 Å². The molecule has 0 amide bonds. The van der Waals surface area contributed by atoms with E-state index < -0.39 is 27.1 Å². The molecule has 0 fully saturated rings. The number of aliphatic hydroxyl groups is 1. The number of phosphoric ester groups is 1. The summed E-state index contributed by atoms with van der Waals surface area (Å²) in [4.78, 5) is 19.8. The molecule has 0 spiro atoms. The summed E-state index contributed by atoms with van der Waals surface area (Å²) in [5, 5.41) is 16.2. The molecular weight excluding hydrogens is 179 g/mol. The van der Waals surface area contributed by atoms with Gasteiger partial charge in [0.1, 0.15) is 6.10 Å². The summed E-state index contributed by atoms with van der Waals surface area (Å²) < 4.78 is 13.9. The summed E-state index contributed by atoms with van der Waals surface area (Å²) in [6.07, 6.45) is -1.14. The van der Waals surface area contributed by atoms with Gasteiger partial charge in [-0.2, -0.15) is 0 Å². The molecule has 68 valence electrons. The van der Waals surface area contributed by atoms with Crippen LogP contribution in [0.1, 0.15) is 0 Å². The number of aliphatic hydroxyl groups excluding tert-OH is 1. The molecule has 7 nitrogen and oxygen atoms in total. The molecule has 0 heterocycles. The molecule has 0 aromatic rings. The van der Waals surface area contributed by atoms with Gasteiger partial charge in [0.25, 0.3) is 0 Å². The van der Waals surface area contributed by atoms with Crippen molar-refractivity contribution < 1.29 is 34.1 Å². The van der Waals surface area contributed by atoms with E-state index in [4.69, 9.17) is 20.2 Å². The van der Waals surface area contributed by atoms with Crippen molar-refractivity contribution in [2.24, 2.45) is 0 Å². The maximum Gasteiger partial charge on any atom is 0.469 e. The maximum atomic E-state index is 10.0. The summed E-state index contributed by atoms with van der Waals surface area (Å²) in [6.45, 7) is -1.16. The first-order chi connectivity index (χ1) is 4.99. The second-order valence-corrected chi connectivity index (χ2v) is 2.94. The van der Waals surface area contributed by atoms with Gasteiger partial charge in [0.05, 0.1) is 13.2 Å². The zero-order valence-electron chi connectivity index (χ0n) is 5.45. The zero-order chi connectivity index (χ0) is 8.91. The Morgan fingerprint density at radius 1 is 1.45 bits per heavy atom. The molecule has 11 heavy (non-hydrogen) atoms. The second-order valence-electron chi connectivity index (χ2n) is 1.70. The largest absolute Gasteiger partial charge is 0.469 e. The summed E-state index contributed by atoms with van der Waals surface area (Å²) in [7, 11) is -4.55. The van der Waals surface area contributed by atoms with Gasteiger partial charge in [-0.3, -0.25) is 9.78 Å². The minimum atomic E-state index is -4.55. The summed E-state index contributed by atoms with van der Waals surface area (Å²) >= 11 is 0. The molecule has 0 unspecified atom stereocenters. The van der Waals surface area contributed by atoms with Crippen LogP contribution in [0.25, 0.3) is 0 Å². The van der Waals surface area contributed by atoms with Crippen LogP contribution >= 0.6 is 7.82 Å². The fraction of sp³-hybridized carbons (Fsp3) is 1.00. The zero-order valence-corrected chi connectivity index (χ0v) is 6.35. The molecule has 1 atom stereocenters. The standard InChI is InChI=1S/C3H9O7P/c4-1-3(10-5)2-9-11(6,7)8/h3-5H,1-2H2,(H2,6,7,8)/t3-/m1/s1. The Kier molecular flexibility index (Phi) is 4.78. The molecule has 0 aliphatic heterocycles. The minimum absolute atomic E-state index is 0.572. The third kappa shape index (κ3) is 6.39. The fourth-order valence-corrected chi connectivity index (χ4v) is 0.657. The van der Waals surface area contributed by atoms with Crippen LogP contribution in [0.3, 0.4) is 0 Å². The topological polar surface area (TPSA) is 116 Å². The number of hydrogen-bond acceptors (Lipinski definition) is 5. The van der Waals surface area contributed by atoms with E-state index in [1.807, 2.05) is 0 Å². The normalized spacial score (nSPS) is 14.9. The van der Waals surface area contributed by atoms with Crippen LogP contribution in [0.5, 0.6) is 0 Å². The molecule has 0 rings (SSSR count). The van der Waals surface area contributed by atoms with Gasteiger partial charge in [-0.25, -0.2) is 9.45 Å². The predicted octanol–water partition coefficient (Wildman–Crippen LogP) is -1.05. The van der Waals surface area contributed by atoms with Gasteiger partial charge in [-0.05, 0) is 0 Å². The second kappa shape index (κ2) is 4.78. The predicted molar refractivity (Wildman–Crippen MR) is 32.6 cm³/mol. The van der Waals surface area contributed by atoms with Crippen LogP contribution in [-0.4, -0.2) is 39.5 Å². The third-order valence-electron chi connectivity index (χ3n) is 0.781. The van der Waals surface area contributed by atoms with Gasteiger partial charge >= 0.3 is 7.82 Å². The quantitative estimate of drug-likeness (QED) is 0.247.